The highest BCUT2D eigenvalue weighted by molar-refractivity contribution is 9.10. The van der Waals surface area contributed by atoms with Crippen LogP contribution in [0.1, 0.15) is 11.1 Å². The molecule has 21 heavy (non-hydrogen) atoms. The normalized spacial score (nSPS) is 11.1. The Hall–Kier alpha value is -1.16. The van der Waals surface area contributed by atoms with Crippen LogP contribution in [-0.4, -0.2) is 9.97 Å². The Kier molecular flexibility index (Phi) is 3.91. The smallest absolute Gasteiger partial charge is 0.161 e. The molecule has 0 aliphatic carbocycles. The largest absolute Gasteiger partial charge is 0.228 e. The van der Waals surface area contributed by atoms with Gasteiger partial charge in [0.1, 0.15) is 5.15 Å². The molecule has 0 aliphatic rings. The number of hydrogen-bond donors (Lipinski definition) is 0. The van der Waals surface area contributed by atoms with E-state index in [1.54, 1.807) is 0 Å². The van der Waals surface area contributed by atoms with E-state index in [9.17, 15) is 0 Å². The molecule has 5 heteroatoms. The van der Waals surface area contributed by atoms with Gasteiger partial charge in [-0.15, -0.1) is 0 Å². The first-order valence-corrected chi connectivity index (χ1v) is 7.91. The summed E-state index contributed by atoms with van der Waals surface area (Å²) < 4.78 is 0.890. The van der Waals surface area contributed by atoms with Gasteiger partial charge in [0.15, 0.2) is 5.82 Å². The molecule has 0 saturated carbocycles. The van der Waals surface area contributed by atoms with Gasteiger partial charge in [-0.1, -0.05) is 41.4 Å². The van der Waals surface area contributed by atoms with Crippen molar-refractivity contribution in [2.45, 2.75) is 13.8 Å². The van der Waals surface area contributed by atoms with Gasteiger partial charge in [0, 0.05) is 15.1 Å². The highest BCUT2D eigenvalue weighted by Crippen LogP contribution is 2.33. The van der Waals surface area contributed by atoms with Crippen LogP contribution in [0.5, 0.6) is 0 Å². The number of aryl methyl sites for hydroxylation is 2. The van der Waals surface area contributed by atoms with Crippen molar-refractivity contribution >= 4 is 50.0 Å². The zero-order valence-corrected chi connectivity index (χ0v) is 14.5. The molecular formula is C16H11BrCl2N2. The Morgan fingerprint density at radius 1 is 0.952 bits per heavy atom. The molecule has 0 aliphatic heterocycles. The minimum absolute atomic E-state index is 0.433. The highest BCUT2D eigenvalue weighted by atomic mass is 79.9. The van der Waals surface area contributed by atoms with Gasteiger partial charge in [-0.2, -0.15) is 0 Å². The van der Waals surface area contributed by atoms with Gasteiger partial charge >= 0.3 is 0 Å². The van der Waals surface area contributed by atoms with Gasteiger partial charge in [0.25, 0.3) is 0 Å². The van der Waals surface area contributed by atoms with E-state index in [1.807, 2.05) is 44.2 Å². The third-order valence-corrected chi connectivity index (χ3v) is 4.73. The molecule has 1 heterocycles. The SMILES string of the molecule is Cc1ccc(-c2nc(Cl)c3c(Br)ccc(C)c3n2)cc1Cl. The van der Waals surface area contributed by atoms with Gasteiger partial charge in [-0.05, 0) is 53.0 Å². The van der Waals surface area contributed by atoms with Gasteiger partial charge in [0.2, 0.25) is 0 Å². The first-order chi connectivity index (χ1) is 9.97. The minimum Gasteiger partial charge on any atom is -0.228 e. The van der Waals surface area contributed by atoms with E-state index in [0.717, 1.165) is 32.1 Å². The Morgan fingerprint density at radius 2 is 1.67 bits per heavy atom. The van der Waals surface area contributed by atoms with E-state index in [-0.39, 0.29) is 0 Å². The van der Waals surface area contributed by atoms with Crippen LogP contribution < -0.4 is 0 Å². The second-order valence-electron chi connectivity index (χ2n) is 4.89. The number of fused-ring (bicyclic) bond motifs is 1. The monoisotopic (exact) mass is 380 g/mol. The Morgan fingerprint density at radius 3 is 2.38 bits per heavy atom. The van der Waals surface area contributed by atoms with Crippen molar-refractivity contribution in [3.05, 3.63) is 56.1 Å². The lowest BCUT2D eigenvalue weighted by atomic mass is 10.1. The van der Waals surface area contributed by atoms with Crippen molar-refractivity contribution in [2.24, 2.45) is 0 Å². The lowest BCUT2D eigenvalue weighted by Gasteiger charge is -2.09. The fourth-order valence-electron chi connectivity index (χ4n) is 2.15. The summed E-state index contributed by atoms with van der Waals surface area (Å²) in [6, 6.07) is 9.72. The van der Waals surface area contributed by atoms with E-state index in [0.29, 0.717) is 16.0 Å². The van der Waals surface area contributed by atoms with E-state index in [4.69, 9.17) is 23.2 Å². The predicted octanol–water partition coefficient (Wildman–Crippen LogP) is 5.98. The third-order valence-electron chi connectivity index (χ3n) is 3.39. The van der Waals surface area contributed by atoms with Gasteiger partial charge in [-0.25, -0.2) is 9.97 Å². The Balaban J connectivity index is 2.30. The number of benzene rings is 2. The van der Waals surface area contributed by atoms with Gasteiger partial charge in [0.05, 0.1) is 10.9 Å². The lowest BCUT2D eigenvalue weighted by Crippen LogP contribution is -1.95. The van der Waals surface area contributed by atoms with Crippen molar-refractivity contribution in [1.82, 2.24) is 9.97 Å². The Bertz CT molecular complexity index is 863. The molecule has 0 unspecified atom stereocenters. The van der Waals surface area contributed by atoms with Crippen LogP contribution in [0.3, 0.4) is 0 Å². The van der Waals surface area contributed by atoms with E-state index >= 15 is 0 Å². The summed E-state index contributed by atoms with van der Waals surface area (Å²) in [7, 11) is 0. The van der Waals surface area contributed by atoms with Crippen molar-refractivity contribution < 1.29 is 0 Å². The minimum atomic E-state index is 0.433. The van der Waals surface area contributed by atoms with Crippen molar-refractivity contribution in [3.8, 4) is 11.4 Å². The number of aromatic nitrogens is 2. The summed E-state index contributed by atoms with van der Waals surface area (Å²) in [6.45, 7) is 3.96. The number of hydrogen-bond acceptors (Lipinski definition) is 2. The molecule has 0 amide bonds. The fraction of sp³-hybridized carbons (Fsp3) is 0.125. The summed E-state index contributed by atoms with van der Waals surface area (Å²) in [4.78, 5) is 9.06. The first kappa shape index (κ1) is 14.8. The average molecular weight is 382 g/mol. The molecule has 2 aromatic carbocycles. The predicted molar refractivity (Wildman–Crippen MR) is 92.2 cm³/mol. The molecule has 0 fully saturated rings. The molecular weight excluding hydrogens is 371 g/mol. The highest BCUT2D eigenvalue weighted by Gasteiger charge is 2.13. The molecule has 0 bridgehead atoms. The van der Waals surface area contributed by atoms with Crippen LogP contribution in [-0.2, 0) is 0 Å². The third kappa shape index (κ3) is 2.66. The molecule has 3 rings (SSSR count). The van der Waals surface area contributed by atoms with Gasteiger partial charge in [-0.3, -0.25) is 0 Å². The van der Waals surface area contributed by atoms with Crippen LogP contribution in [0.15, 0.2) is 34.8 Å². The van der Waals surface area contributed by atoms with Crippen molar-refractivity contribution in [3.63, 3.8) is 0 Å². The molecule has 0 atom stereocenters. The van der Waals surface area contributed by atoms with Gasteiger partial charge < -0.3 is 0 Å². The Labute approximate surface area is 141 Å². The van der Waals surface area contributed by atoms with E-state index in [1.165, 1.54) is 0 Å². The van der Waals surface area contributed by atoms with Crippen molar-refractivity contribution in [1.29, 1.82) is 0 Å². The van der Waals surface area contributed by atoms with E-state index in [2.05, 4.69) is 25.9 Å². The topological polar surface area (TPSA) is 25.8 Å². The molecule has 0 N–H and O–H groups in total. The standard InChI is InChI=1S/C16H11BrCl2N2/c1-8-3-5-10(7-12(8)18)16-20-14-9(2)4-6-11(17)13(14)15(19)21-16/h3-7H,1-2H3. The summed E-state index contributed by atoms with van der Waals surface area (Å²) >= 11 is 16.0. The summed E-state index contributed by atoms with van der Waals surface area (Å²) in [5, 5.41) is 1.96. The maximum atomic E-state index is 6.35. The molecule has 0 saturated heterocycles. The van der Waals surface area contributed by atoms with Crippen LogP contribution in [0.2, 0.25) is 10.2 Å². The van der Waals surface area contributed by atoms with Crippen LogP contribution >= 0.6 is 39.1 Å². The maximum Gasteiger partial charge on any atom is 0.161 e. The average Bonchev–Trinajstić information content (AvgIpc) is 2.45. The zero-order chi connectivity index (χ0) is 15.1. The summed E-state index contributed by atoms with van der Waals surface area (Å²) in [5.41, 5.74) is 3.77. The van der Waals surface area contributed by atoms with E-state index < -0.39 is 0 Å². The molecule has 1 aromatic heterocycles. The molecule has 0 spiro atoms. The van der Waals surface area contributed by atoms with Crippen LogP contribution in [0.25, 0.3) is 22.3 Å². The molecule has 2 nitrogen and oxygen atoms in total. The number of rotatable bonds is 1. The van der Waals surface area contributed by atoms with Crippen LogP contribution in [0.4, 0.5) is 0 Å². The second kappa shape index (κ2) is 5.56. The molecule has 0 radical (unpaired) electrons. The number of halogens is 3. The van der Waals surface area contributed by atoms with Crippen LogP contribution in [0, 0.1) is 13.8 Å². The molecule has 3 aromatic rings. The number of nitrogens with zero attached hydrogens (tertiary/aromatic N) is 2. The zero-order valence-electron chi connectivity index (χ0n) is 11.4. The first-order valence-electron chi connectivity index (χ1n) is 6.36. The lowest BCUT2D eigenvalue weighted by molar-refractivity contribution is 1.21. The molecule has 106 valence electrons. The fourth-order valence-corrected chi connectivity index (χ4v) is 3.23. The second-order valence-corrected chi connectivity index (χ2v) is 6.51. The summed E-state index contributed by atoms with van der Waals surface area (Å²) in [6.07, 6.45) is 0. The maximum absolute atomic E-state index is 6.35. The van der Waals surface area contributed by atoms with Crippen molar-refractivity contribution in [2.75, 3.05) is 0 Å². The quantitative estimate of drug-likeness (QED) is 0.484. The summed E-state index contributed by atoms with van der Waals surface area (Å²) in [5.74, 6) is 0.579.